The molecule has 0 spiro atoms. The maximum Gasteiger partial charge on any atom is 0.0483 e. The van der Waals surface area contributed by atoms with Crippen LogP contribution in [0.4, 0.5) is 0 Å². The molecule has 0 unspecified atom stereocenters. The van der Waals surface area contributed by atoms with Crippen LogP contribution in [0.2, 0.25) is 0 Å². The van der Waals surface area contributed by atoms with Crippen molar-refractivity contribution in [3.05, 3.63) is 36.0 Å². The first-order valence-electron chi connectivity index (χ1n) is 6.64. The maximum absolute atomic E-state index is 3.47. The standard InChI is InChI=1S/C15H22N2/c1-3-10-16-11-9-13-12-17(4-2)15-8-6-5-7-14(13)15/h5-8,12,16H,3-4,9-11H2,1-2H3. The second-order valence-electron chi connectivity index (χ2n) is 4.46. The van der Waals surface area contributed by atoms with Crippen LogP contribution in [0.25, 0.3) is 10.9 Å². The average molecular weight is 230 g/mol. The molecule has 0 radical (unpaired) electrons. The van der Waals surface area contributed by atoms with E-state index < -0.39 is 0 Å². The summed E-state index contributed by atoms with van der Waals surface area (Å²) in [6.45, 7) is 7.64. The first-order chi connectivity index (χ1) is 8.36. The summed E-state index contributed by atoms with van der Waals surface area (Å²) in [5.74, 6) is 0. The van der Waals surface area contributed by atoms with E-state index in [-0.39, 0.29) is 0 Å². The van der Waals surface area contributed by atoms with E-state index in [4.69, 9.17) is 0 Å². The minimum Gasteiger partial charge on any atom is -0.347 e. The highest BCUT2D eigenvalue weighted by molar-refractivity contribution is 5.83. The zero-order valence-corrected chi connectivity index (χ0v) is 10.9. The molecule has 1 N–H and O–H groups in total. The summed E-state index contributed by atoms with van der Waals surface area (Å²) in [4.78, 5) is 0. The fourth-order valence-electron chi connectivity index (χ4n) is 2.31. The summed E-state index contributed by atoms with van der Waals surface area (Å²) in [5, 5.41) is 4.88. The zero-order chi connectivity index (χ0) is 12.1. The van der Waals surface area contributed by atoms with Gasteiger partial charge in [0, 0.05) is 23.6 Å². The largest absolute Gasteiger partial charge is 0.347 e. The van der Waals surface area contributed by atoms with E-state index in [1.54, 1.807) is 0 Å². The molecule has 0 aliphatic carbocycles. The maximum atomic E-state index is 3.47. The van der Waals surface area contributed by atoms with Gasteiger partial charge < -0.3 is 9.88 Å². The van der Waals surface area contributed by atoms with Crippen molar-refractivity contribution < 1.29 is 0 Å². The van der Waals surface area contributed by atoms with Crippen molar-refractivity contribution in [3.63, 3.8) is 0 Å². The van der Waals surface area contributed by atoms with Crippen molar-refractivity contribution in [2.75, 3.05) is 13.1 Å². The monoisotopic (exact) mass is 230 g/mol. The summed E-state index contributed by atoms with van der Waals surface area (Å²) < 4.78 is 2.34. The molecular formula is C15H22N2. The molecule has 1 heterocycles. The molecule has 0 aliphatic rings. The van der Waals surface area contributed by atoms with Gasteiger partial charge in [0.2, 0.25) is 0 Å². The molecule has 2 rings (SSSR count). The predicted molar refractivity (Wildman–Crippen MR) is 74.5 cm³/mol. The Morgan fingerprint density at radius 3 is 2.71 bits per heavy atom. The van der Waals surface area contributed by atoms with Crippen molar-refractivity contribution in [2.24, 2.45) is 0 Å². The molecule has 0 atom stereocenters. The van der Waals surface area contributed by atoms with E-state index in [1.807, 2.05) is 0 Å². The van der Waals surface area contributed by atoms with Crippen molar-refractivity contribution >= 4 is 10.9 Å². The number of nitrogens with one attached hydrogen (secondary N) is 1. The number of aryl methyl sites for hydroxylation is 1. The Morgan fingerprint density at radius 1 is 1.12 bits per heavy atom. The molecule has 92 valence electrons. The molecule has 17 heavy (non-hydrogen) atoms. The van der Waals surface area contributed by atoms with Crippen LogP contribution in [0.1, 0.15) is 25.8 Å². The number of rotatable bonds is 6. The third kappa shape index (κ3) is 2.70. The highest BCUT2D eigenvalue weighted by Gasteiger charge is 2.05. The third-order valence-electron chi connectivity index (χ3n) is 3.21. The van der Waals surface area contributed by atoms with Crippen molar-refractivity contribution in [3.8, 4) is 0 Å². The summed E-state index contributed by atoms with van der Waals surface area (Å²) in [6.07, 6.45) is 4.63. The number of fused-ring (bicyclic) bond motifs is 1. The molecule has 2 heteroatoms. The van der Waals surface area contributed by atoms with E-state index in [9.17, 15) is 0 Å². The SMILES string of the molecule is CCCNCCc1cn(CC)c2ccccc12. The van der Waals surface area contributed by atoms with Gasteiger partial charge in [0.1, 0.15) is 0 Å². The second-order valence-corrected chi connectivity index (χ2v) is 4.46. The average Bonchev–Trinajstić information content (AvgIpc) is 2.73. The van der Waals surface area contributed by atoms with Crippen LogP contribution in [0.15, 0.2) is 30.5 Å². The van der Waals surface area contributed by atoms with Crippen LogP contribution in [-0.4, -0.2) is 17.7 Å². The molecule has 2 aromatic rings. The molecular weight excluding hydrogens is 208 g/mol. The van der Waals surface area contributed by atoms with Crippen LogP contribution in [0, 0.1) is 0 Å². The minimum absolute atomic E-state index is 1.04. The normalized spacial score (nSPS) is 11.2. The summed E-state index contributed by atoms with van der Waals surface area (Å²) in [5.41, 5.74) is 2.83. The number of aromatic nitrogens is 1. The van der Waals surface area contributed by atoms with E-state index in [0.717, 1.165) is 26.1 Å². The lowest BCUT2D eigenvalue weighted by atomic mass is 10.1. The number of nitrogens with zero attached hydrogens (tertiary/aromatic N) is 1. The van der Waals surface area contributed by atoms with Gasteiger partial charge >= 0.3 is 0 Å². The van der Waals surface area contributed by atoms with Crippen molar-refractivity contribution in [1.82, 2.24) is 9.88 Å². The van der Waals surface area contributed by atoms with Gasteiger partial charge in [-0.1, -0.05) is 25.1 Å². The Kier molecular flexibility index (Phi) is 4.21. The van der Waals surface area contributed by atoms with Crippen LogP contribution < -0.4 is 5.32 Å². The van der Waals surface area contributed by atoms with E-state index >= 15 is 0 Å². The van der Waals surface area contributed by atoms with Crippen molar-refractivity contribution in [2.45, 2.75) is 33.2 Å². The Balaban J connectivity index is 2.16. The highest BCUT2D eigenvalue weighted by Crippen LogP contribution is 2.21. The van der Waals surface area contributed by atoms with Gasteiger partial charge in [0.05, 0.1) is 0 Å². The van der Waals surface area contributed by atoms with Crippen LogP contribution >= 0.6 is 0 Å². The second kappa shape index (κ2) is 5.87. The Hall–Kier alpha value is -1.28. The van der Waals surface area contributed by atoms with Gasteiger partial charge in [-0.15, -0.1) is 0 Å². The molecule has 0 saturated carbocycles. The van der Waals surface area contributed by atoms with Crippen LogP contribution in [0.3, 0.4) is 0 Å². The molecule has 1 aromatic carbocycles. The van der Waals surface area contributed by atoms with Gasteiger partial charge in [-0.3, -0.25) is 0 Å². The molecule has 0 saturated heterocycles. The topological polar surface area (TPSA) is 17.0 Å². The van der Waals surface area contributed by atoms with Crippen LogP contribution in [-0.2, 0) is 13.0 Å². The van der Waals surface area contributed by atoms with E-state index in [1.165, 1.54) is 22.9 Å². The Labute approximate surface area is 104 Å². The Bertz CT molecular complexity index is 471. The summed E-state index contributed by atoms with van der Waals surface area (Å²) in [6, 6.07) is 8.69. The minimum atomic E-state index is 1.04. The van der Waals surface area contributed by atoms with Crippen molar-refractivity contribution in [1.29, 1.82) is 0 Å². The number of hydrogen-bond acceptors (Lipinski definition) is 1. The summed E-state index contributed by atoms with van der Waals surface area (Å²) in [7, 11) is 0. The van der Waals surface area contributed by atoms with Gasteiger partial charge in [-0.2, -0.15) is 0 Å². The number of para-hydroxylation sites is 1. The Morgan fingerprint density at radius 2 is 1.94 bits per heavy atom. The lowest BCUT2D eigenvalue weighted by molar-refractivity contribution is 0.671. The van der Waals surface area contributed by atoms with Gasteiger partial charge in [0.25, 0.3) is 0 Å². The van der Waals surface area contributed by atoms with Gasteiger partial charge in [-0.05, 0) is 44.5 Å². The molecule has 2 nitrogen and oxygen atoms in total. The predicted octanol–water partition coefficient (Wildman–Crippen LogP) is 3.20. The molecule has 0 bridgehead atoms. The molecule has 1 aromatic heterocycles. The first-order valence-corrected chi connectivity index (χ1v) is 6.64. The molecule has 0 aliphatic heterocycles. The molecule has 0 fully saturated rings. The third-order valence-corrected chi connectivity index (χ3v) is 3.21. The fraction of sp³-hybridized carbons (Fsp3) is 0.467. The quantitative estimate of drug-likeness (QED) is 0.754. The van der Waals surface area contributed by atoms with E-state index in [0.29, 0.717) is 0 Å². The molecule has 0 amide bonds. The number of benzene rings is 1. The summed E-state index contributed by atoms with van der Waals surface area (Å²) >= 11 is 0. The lowest BCUT2D eigenvalue weighted by Gasteiger charge is -2.01. The highest BCUT2D eigenvalue weighted by atomic mass is 14.9. The van der Waals surface area contributed by atoms with Crippen LogP contribution in [0.5, 0.6) is 0 Å². The smallest absolute Gasteiger partial charge is 0.0483 e. The number of hydrogen-bond donors (Lipinski definition) is 1. The fourth-order valence-corrected chi connectivity index (χ4v) is 2.31. The lowest BCUT2D eigenvalue weighted by Crippen LogP contribution is -2.17. The van der Waals surface area contributed by atoms with Gasteiger partial charge in [-0.25, -0.2) is 0 Å². The zero-order valence-electron chi connectivity index (χ0n) is 10.9. The first kappa shape index (κ1) is 12.2. The van der Waals surface area contributed by atoms with E-state index in [2.05, 4.69) is 54.2 Å². The van der Waals surface area contributed by atoms with Gasteiger partial charge in [0.15, 0.2) is 0 Å².